The summed E-state index contributed by atoms with van der Waals surface area (Å²) in [6.07, 6.45) is 2.54. The second-order valence-electron chi connectivity index (χ2n) is 6.87. The van der Waals surface area contributed by atoms with Crippen LogP contribution < -0.4 is 0 Å². The van der Waals surface area contributed by atoms with Crippen LogP contribution in [0.1, 0.15) is 33.6 Å². The fourth-order valence-corrected chi connectivity index (χ4v) is 3.00. The van der Waals surface area contributed by atoms with E-state index in [1.165, 1.54) is 25.9 Å². The van der Waals surface area contributed by atoms with Gasteiger partial charge in [-0.2, -0.15) is 0 Å². The van der Waals surface area contributed by atoms with E-state index in [1.807, 2.05) is 0 Å². The Morgan fingerprint density at radius 3 is 2.18 bits per heavy atom. The molecule has 0 atom stereocenters. The zero-order valence-corrected chi connectivity index (χ0v) is 11.5. The first kappa shape index (κ1) is 12.9. The Balaban J connectivity index is 1.79. The quantitative estimate of drug-likeness (QED) is 0.748. The Morgan fingerprint density at radius 1 is 1.24 bits per heavy atom. The minimum Gasteiger partial charge on any atom is -0.512 e. The average molecular weight is 238 g/mol. The van der Waals surface area contributed by atoms with E-state index in [-0.39, 0.29) is 0 Å². The van der Waals surface area contributed by atoms with Gasteiger partial charge in [0, 0.05) is 18.6 Å². The van der Waals surface area contributed by atoms with Gasteiger partial charge in [-0.1, -0.05) is 6.58 Å². The van der Waals surface area contributed by atoms with Crippen molar-refractivity contribution in [1.29, 1.82) is 0 Å². The van der Waals surface area contributed by atoms with Crippen molar-refractivity contribution in [3.05, 3.63) is 12.3 Å². The van der Waals surface area contributed by atoms with Crippen molar-refractivity contribution in [1.82, 2.24) is 9.80 Å². The molecule has 2 rings (SSSR count). The summed E-state index contributed by atoms with van der Waals surface area (Å²) in [5.74, 6) is 0.297. The van der Waals surface area contributed by atoms with Gasteiger partial charge in [-0.05, 0) is 52.1 Å². The first-order valence-electron chi connectivity index (χ1n) is 6.65. The van der Waals surface area contributed by atoms with Gasteiger partial charge in [0.15, 0.2) is 0 Å². The molecule has 1 spiro atoms. The lowest BCUT2D eigenvalue weighted by Gasteiger charge is -2.58. The smallest absolute Gasteiger partial charge is 0.0991 e. The molecular weight excluding hydrogens is 212 g/mol. The molecule has 0 bridgehead atoms. The number of nitrogens with zero attached hydrogens (tertiary/aromatic N) is 2. The highest BCUT2D eigenvalue weighted by molar-refractivity contribution is 5.02. The first-order chi connectivity index (χ1) is 7.81. The van der Waals surface area contributed by atoms with Gasteiger partial charge < -0.3 is 5.11 Å². The number of hydrogen-bond donors (Lipinski definition) is 1. The molecule has 2 aliphatic rings. The van der Waals surface area contributed by atoms with Crippen LogP contribution in [0.15, 0.2) is 12.3 Å². The molecule has 2 heterocycles. The van der Waals surface area contributed by atoms with Gasteiger partial charge in [-0.25, -0.2) is 0 Å². The predicted molar refractivity (Wildman–Crippen MR) is 71.2 cm³/mol. The number of aliphatic hydroxyl groups excluding tert-OH is 1. The van der Waals surface area contributed by atoms with Crippen LogP contribution in [-0.4, -0.2) is 53.2 Å². The Hall–Kier alpha value is -0.540. The van der Waals surface area contributed by atoms with Gasteiger partial charge >= 0.3 is 0 Å². The van der Waals surface area contributed by atoms with Gasteiger partial charge in [0.25, 0.3) is 0 Å². The lowest BCUT2D eigenvalue weighted by molar-refractivity contribution is -0.0896. The van der Waals surface area contributed by atoms with E-state index in [2.05, 4.69) is 37.1 Å². The Labute approximate surface area is 105 Å². The van der Waals surface area contributed by atoms with E-state index in [9.17, 15) is 5.11 Å². The summed E-state index contributed by atoms with van der Waals surface area (Å²) < 4.78 is 0. The molecule has 0 amide bonds. The third kappa shape index (κ3) is 2.83. The molecule has 0 saturated carbocycles. The topological polar surface area (TPSA) is 26.7 Å². The molecule has 3 heteroatoms. The number of hydrogen-bond acceptors (Lipinski definition) is 3. The number of aliphatic hydroxyl groups is 1. The fourth-order valence-electron chi connectivity index (χ4n) is 3.00. The molecule has 2 fully saturated rings. The predicted octanol–water partition coefficient (Wildman–Crippen LogP) is 2.25. The average Bonchev–Trinajstić information content (AvgIpc) is 2.13. The molecule has 2 aliphatic heterocycles. The summed E-state index contributed by atoms with van der Waals surface area (Å²) in [5.41, 5.74) is 0.891. The highest BCUT2D eigenvalue weighted by Gasteiger charge is 2.47. The zero-order chi connectivity index (χ0) is 12.7. The van der Waals surface area contributed by atoms with Crippen molar-refractivity contribution in [3.63, 3.8) is 0 Å². The largest absolute Gasteiger partial charge is 0.512 e. The van der Waals surface area contributed by atoms with Crippen LogP contribution in [0.5, 0.6) is 0 Å². The number of rotatable bonds is 2. The molecule has 0 aromatic carbocycles. The van der Waals surface area contributed by atoms with Crippen LogP contribution in [-0.2, 0) is 0 Å². The molecule has 1 N–H and O–H groups in total. The summed E-state index contributed by atoms with van der Waals surface area (Å²) >= 11 is 0. The molecule has 98 valence electrons. The summed E-state index contributed by atoms with van der Waals surface area (Å²) in [4.78, 5) is 4.89. The summed E-state index contributed by atoms with van der Waals surface area (Å²) in [6, 6.07) is 0. The van der Waals surface area contributed by atoms with Crippen molar-refractivity contribution in [3.8, 4) is 0 Å². The highest BCUT2D eigenvalue weighted by atomic mass is 16.3. The molecule has 17 heavy (non-hydrogen) atoms. The highest BCUT2D eigenvalue weighted by Crippen LogP contribution is 2.43. The van der Waals surface area contributed by atoms with Crippen molar-refractivity contribution in [2.75, 3.05) is 32.7 Å². The second kappa shape index (κ2) is 4.29. The second-order valence-corrected chi connectivity index (χ2v) is 6.87. The summed E-state index contributed by atoms with van der Waals surface area (Å²) in [7, 11) is 0. The van der Waals surface area contributed by atoms with E-state index in [0.717, 1.165) is 13.1 Å². The van der Waals surface area contributed by atoms with E-state index in [4.69, 9.17) is 0 Å². The molecule has 0 aliphatic carbocycles. The fraction of sp³-hybridized carbons (Fsp3) is 0.857. The SMILES string of the molecule is C=C(O)CN1CCC2(CC1)CN(C(C)(C)C)C2. The van der Waals surface area contributed by atoms with Crippen LogP contribution >= 0.6 is 0 Å². The van der Waals surface area contributed by atoms with E-state index < -0.39 is 0 Å². The zero-order valence-electron chi connectivity index (χ0n) is 11.5. The molecule has 0 unspecified atom stereocenters. The van der Waals surface area contributed by atoms with Crippen LogP contribution in [0.3, 0.4) is 0 Å². The lowest BCUT2D eigenvalue weighted by Crippen LogP contribution is -2.65. The van der Waals surface area contributed by atoms with Gasteiger partial charge in [0.05, 0.1) is 12.3 Å². The molecule has 3 nitrogen and oxygen atoms in total. The Kier molecular flexibility index (Phi) is 3.25. The van der Waals surface area contributed by atoms with Crippen LogP contribution in [0.25, 0.3) is 0 Å². The third-order valence-corrected chi connectivity index (χ3v) is 4.32. The van der Waals surface area contributed by atoms with Gasteiger partial charge in [-0.3, -0.25) is 9.80 Å². The standard InChI is InChI=1S/C14H26N2O/c1-12(17)9-15-7-5-14(6-8-15)10-16(11-14)13(2,3)4/h17H,1,5-11H2,2-4H3. The van der Waals surface area contributed by atoms with Crippen molar-refractivity contribution in [2.24, 2.45) is 5.41 Å². The maximum Gasteiger partial charge on any atom is 0.0991 e. The van der Waals surface area contributed by atoms with Crippen LogP contribution in [0.4, 0.5) is 0 Å². The number of likely N-dealkylation sites (tertiary alicyclic amines) is 2. The van der Waals surface area contributed by atoms with Crippen molar-refractivity contribution >= 4 is 0 Å². The Morgan fingerprint density at radius 2 is 1.76 bits per heavy atom. The van der Waals surface area contributed by atoms with Crippen LogP contribution in [0.2, 0.25) is 0 Å². The van der Waals surface area contributed by atoms with Crippen LogP contribution in [0, 0.1) is 5.41 Å². The minimum absolute atomic E-state index is 0.297. The third-order valence-electron chi connectivity index (χ3n) is 4.32. The molecular formula is C14H26N2O. The van der Waals surface area contributed by atoms with Gasteiger partial charge in [0.2, 0.25) is 0 Å². The van der Waals surface area contributed by atoms with E-state index >= 15 is 0 Å². The monoisotopic (exact) mass is 238 g/mol. The van der Waals surface area contributed by atoms with E-state index in [1.54, 1.807) is 0 Å². The molecule has 0 aromatic rings. The maximum absolute atomic E-state index is 9.21. The lowest BCUT2D eigenvalue weighted by atomic mass is 9.70. The van der Waals surface area contributed by atoms with Crippen molar-refractivity contribution in [2.45, 2.75) is 39.2 Å². The van der Waals surface area contributed by atoms with E-state index in [0.29, 0.717) is 23.3 Å². The first-order valence-corrected chi connectivity index (χ1v) is 6.65. The van der Waals surface area contributed by atoms with Gasteiger partial charge in [0.1, 0.15) is 0 Å². The molecule has 2 saturated heterocycles. The summed E-state index contributed by atoms with van der Waals surface area (Å²) in [6.45, 7) is 15.8. The normalized spacial score (nSPS) is 25.8. The molecule has 0 aromatic heterocycles. The Bertz CT molecular complexity index is 290. The van der Waals surface area contributed by atoms with Crippen molar-refractivity contribution < 1.29 is 5.11 Å². The molecule has 0 radical (unpaired) electrons. The number of piperidine rings is 1. The maximum atomic E-state index is 9.21. The van der Waals surface area contributed by atoms with Gasteiger partial charge in [-0.15, -0.1) is 0 Å². The summed E-state index contributed by atoms with van der Waals surface area (Å²) in [5, 5.41) is 9.21. The minimum atomic E-state index is 0.297.